The fraction of sp³-hybridized carbons (Fsp3) is 0.750. The molecule has 7 nitrogen and oxygen atoms in total. The van der Waals surface area contributed by atoms with E-state index in [0.29, 0.717) is 39.3 Å². The molecule has 0 aromatic rings. The highest BCUT2D eigenvalue weighted by Crippen LogP contribution is 2.22. The van der Waals surface area contributed by atoms with Gasteiger partial charge in [-0.05, 0) is 52.9 Å². The van der Waals surface area contributed by atoms with E-state index in [1.165, 1.54) is 18.4 Å². The van der Waals surface area contributed by atoms with E-state index < -0.39 is 5.41 Å². The molecule has 1 fully saturated rings. The van der Waals surface area contributed by atoms with E-state index in [1.807, 2.05) is 0 Å². The van der Waals surface area contributed by atoms with Gasteiger partial charge in [-0.15, -0.1) is 0 Å². The van der Waals surface area contributed by atoms with Gasteiger partial charge in [0.15, 0.2) is 0 Å². The van der Waals surface area contributed by atoms with Crippen LogP contribution < -0.4 is 5.32 Å². The van der Waals surface area contributed by atoms with Gasteiger partial charge in [0.05, 0.1) is 6.61 Å². The van der Waals surface area contributed by atoms with E-state index in [1.54, 1.807) is 30.6 Å². The molecule has 0 unspecified atom stereocenters. The highest BCUT2D eigenvalue weighted by Gasteiger charge is 2.40. The third kappa shape index (κ3) is 5.71. The standard InChI is InChI=1S/C20H33N3O4/c1-4-27-19(26)23-14-12-22(13-15-23)18(25)20(2,3)17(24)21-11-10-16-8-6-5-7-9-16/h8H,4-7,9-15H2,1-3H3,(H,21,24). The number of rotatable bonds is 6. The zero-order valence-electron chi connectivity index (χ0n) is 16.9. The van der Waals surface area contributed by atoms with Gasteiger partial charge in [-0.1, -0.05) is 11.6 Å². The molecule has 2 aliphatic rings. The van der Waals surface area contributed by atoms with Gasteiger partial charge < -0.3 is 19.9 Å². The number of nitrogens with one attached hydrogen (secondary N) is 1. The zero-order chi connectivity index (χ0) is 19.9. The average molecular weight is 380 g/mol. The highest BCUT2D eigenvalue weighted by atomic mass is 16.6. The zero-order valence-corrected chi connectivity index (χ0v) is 16.9. The molecule has 1 heterocycles. The van der Waals surface area contributed by atoms with Crippen molar-refractivity contribution in [3.63, 3.8) is 0 Å². The van der Waals surface area contributed by atoms with E-state index >= 15 is 0 Å². The van der Waals surface area contributed by atoms with Gasteiger partial charge >= 0.3 is 6.09 Å². The van der Waals surface area contributed by atoms with Crippen LogP contribution in [0.25, 0.3) is 0 Å². The monoisotopic (exact) mass is 379 g/mol. The molecule has 0 radical (unpaired) electrons. The quantitative estimate of drug-likeness (QED) is 0.567. The predicted octanol–water partition coefficient (Wildman–Crippen LogP) is 2.32. The first-order chi connectivity index (χ1) is 12.9. The lowest BCUT2D eigenvalue weighted by Crippen LogP contribution is -2.56. The van der Waals surface area contributed by atoms with Crippen LogP contribution in [-0.4, -0.2) is 67.0 Å². The Hall–Kier alpha value is -2.05. The molecule has 0 spiro atoms. The van der Waals surface area contributed by atoms with Crippen LogP contribution in [0.5, 0.6) is 0 Å². The van der Waals surface area contributed by atoms with Crippen LogP contribution in [0.2, 0.25) is 0 Å². The van der Waals surface area contributed by atoms with E-state index in [0.717, 1.165) is 19.3 Å². The Balaban J connectivity index is 1.80. The Morgan fingerprint density at radius 3 is 2.37 bits per heavy atom. The molecule has 2 rings (SSSR count). The van der Waals surface area contributed by atoms with Crippen LogP contribution in [-0.2, 0) is 14.3 Å². The summed E-state index contributed by atoms with van der Waals surface area (Å²) in [6.45, 7) is 7.70. The highest BCUT2D eigenvalue weighted by molar-refractivity contribution is 6.04. The van der Waals surface area contributed by atoms with Crippen molar-refractivity contribution in [2.24, 2.45) is 5.41 Å². The molecule has 27 heavy (non-hydrogen) atoms. The van der Waals surface area contributed by atoms with Crippen LogP contribution in [0.1, 0.15) is 52.9 Å². The lowest BCUT2D eigenvalue weighted by Gasteiger charge is -2.37. The molecule has 0 bridgehead atoms. The van der Waals surface area contributed by atoms with Gasteiger partial charge in [0.1, 0.15) is 5.41 Å². The second-order valence-electron chi connectivity index (χ2n) is 7.72. The topological polar surface area (TPSA) is 79.0 Å². The minimum Gasteiger partial charge on any atom is -0.450 e. The Bertz CT molecular complexity index is 578. The Labute approximate surface area is 162 Å². The van der Waals surface area contributed by atoms with Gasteiger partial charge in [-0.2, -0.15) is 0 Å². The Kier molecular flexibility index (Phi) is 7.68. The van der Waals surface area contributed by atoms with Gasteiger partial charge in [0.25, 0.3) is 0 Å². The maximum absolute atomic E-state index is 12.8. The molecule has 1 saturated heterocycles. The molecule has 0 aromatic carbocycles. The summed E-state index contributed by atoms with van der Waals surface area (Å²) in [5, 5.41) is 2.92. The third-order valence-corrected chi connectivity index (χ3v) is 5.31. The summed E-state index contributed by atoms with van der Waals surface area (Å²) in [4.78, 5) is 40.5. The maximum Gasteiger partial charge on any atom is 0.409 e. The normalized spacial score (nSPS) is 18.0. The first kappa shape index (κ1) is 21.3. The second kappa shape index (κ2) is 9.76. The molecule has 3 amide bonds. The van der Waals surface area contributed by atoms with Crippen LogP contribution in [0.3, 0.4) is 0 Å². The molecule has 7 heteroatoms. The number of nitrogens with zero attached hydrogens (tertiary/aromatic N) is 2. The summed E-state index contributed by atoms with van der Waals surface area (Å²) in [6, 6.07) is 0. The Morgan fingerprint density at radius 2 is 1.78 bits per heavy atom. The largest absolute Gasteiger partial charge is 0.450 e. The van der Waals surface area contributed by atoms with Gasteiger partial charge in [-0.3, -0.25) is 9.59 Å². The minimum atomic E-state index is -1.12. The van der Waals surface area contributed by atoms with E-state index in [2.05, 4.69) is 11.4 Å². The molecule has 0 saturated carbocycles. The molecule has 1 aliphatic carbocycles. The van der Waals surface area contributed by atoms with Crippen molar-refractivity contribution >= 4 is 17.9 Å². The SMILES string of the molecule is CCOC(=O)N1CCN(C(=O)C(C)(C)C(=O)NCCC2=CCCCC2)CC1. The number of hydrogen-bond acceptors (Lipinski definition) is 4. The first-order valence-electron chi connectivity index (χ1n) is 10.0. The number of amides is 3. The lowest BCUT2D eigenvalue weighted by molar-refractivity contribution is -0.149. The van der Waals surface area contributed by atoms with Crippen LogP contribution in [0.15, 0.2) is 11.6 Å². The molecule has 1 aliphatic heterocycles. The molecular formula is C20H33N3O4. The van der Waals surface area contributed by atoms with E-state index in [4.69, 9.17) is 4.74 Å². The van der Waals surface area contributed by atoms with Crippen molar-refractivity contribution in [3.05, 3.63) is 11.6 Å². The summed E-state index contributed by atoms with van der Waals surface area (Å²) in [5.74, 6) is -0.433. The lowest BCUT2D eigenvalue weighted by atomic mass is 9.89. The van der Waals surface area contributed by atoms with Crippen molar-refractivity contribution < 1.29 is 19.1 Å². The van der Waals surface area contributed by atoms with Crippen LogP contribution in [0.4, 0.5) is 4.79 Å². The summed E-state index contributed by atoms with van der Waals surface area (Å²) in [5.41, 5.74) is 0.285. The molecule has 0 aromatic heterocycles. The third-order valence-electron chi connectivity index (χ3n) is 5.31. The van der Waals surface area contributed by atoms with Crippen molar-refractivity contribution in [1.29, 1.82) is 0 Å². The van der Waals surface area contributed by atoms with Crippen molar-refractivity contribution in [2.45, 2.75) is 52.9 Å². The fourth-order valence-electron chi connectivity index (χ4n) is 3.49. The molecule has 0 atom stereocenters. The number of piperazine rings is 1. The average Bonchev–Trinajstić information content (AvgIpc) is 2.68. The van der Waals surface area contributed by atoms with Gasteiger partial charge in [-0.25, -0.2) is 4.79 Å². The second-order valence-corrected chi connectivity index (χ2v) is 7.72. The predicted molar refractivity (Wildman–Crippen MR) is 103 cm³/mol. The number of allylic oxidation sites excluding steroid dienone is 1. The molecule has 152 valence electrons. The maximum atomic E-state index is 12.8. The smallest absolute Gasteiger partial charge is 0.409 e. The number of ether oxygens (including phenoxy) is 1. The summed E-state index contributed by atoms with van der Waals surface area (Å²) >= 11 is 0. The van der Waals surface area contributed by atoms with Gasteiger partial charge in [0, 0.05) is 32.7 Å². The van der Waals surface area contributed by atoms with E-state index in [-0.39, 0.29) is 17.9 Å². The number of carbonyl (C=O) groups is 3. The number of hydrogen-bond donors (Lipinski definition) is 1. The fourth-order valence-corrected chi connectivity index (χ4v) is 3.49. The molecule has 1 N–H and O–H groups in total. The van der Waals surface area contributed by atoms with Crippen molar-refractivity contribution in [1.82, 2.24) is 15.1 Å². The van der Waals surface area contributed by atoms with Gasteiger partial charge in [0.2, 0.25) is 11.8 Å². The first-order valence-corrected chi connectivity index (χ1v) is 10.0. The van der Waals surface area contributed by atoms with Crippen molar-refractivity contribution in [3.8, 4) is 0 Å². The minimum absolute atomic E-state index is 0.194. The van der Waals surface area contributed by atoms with E-state index in [9.17, 15) is 14.4 Å². The van der Waals surface area contributed by atoms with Crippen LogP contribution >= 0.6 is 0 Å². The summed E-state index contributed by atoms with van der Waals surface area (Å²) in [6.07, 6.45) is 7.50. The van der Waals surface area contributed by atoms with Crippen molar-refractivity contribution in [2.75, 3.05) is 39.3 Å². The number of carbonyl (C=O) groups excluding carboxylic acids is 3. The molecular weight excluding hydrogens is 346 g/mol. The van der Waals surface area contributed by atoms with Crippen LogP contribution in [0, 0.1) is 5.41 Å². The Morgan fingerprint density at radius 1 is 1.11 bits per heavy atom. The summed E-state index contributed by atoms with van der Waals surface area (Å²) < 4.78 is 4.99. The summed E-state index contributed by atoms with van der Waals surface area (Å²) in [7, 11) is 0.